The number of nitrogens with zero attached hydrogens (tertiary/aromatic N) is 3. The summed E-state index contributed by atoms with van der Waals surface area (Å²) in [6.07, 6.45) is 1.49. The van der Waals surface area contributed by atoms with Crippen LogP contribution in [0, 0.1) is 0 Å². The Bertz CT molecular complexity index is 528. The lowest BCUT2D eigenvalue weighted by atomic mass is 10.1. The molecular weight excluding hydrogens is 282 g/mol. The molecule has 0 radical (unpaired) electrons. The molecule has 2 rings (SSSR count). The number of ether oxygens (including phenoxy) is 2. The van der Waals surface area contributed by atoms with E-state index in [2.05, 4.69) is 9.88 Å². The van der Waals surface area contributed by atoms with Gasteiger partial charge in [0, 0.05) is 43.6 Å². The highest BCUT2D eigenvalue weighted by Gasteiger charge is 2.30. The Balaban J connectivity index is 2.01. The van der Waals surface area contributed by atoms with Crippen LogP contribution in [0.25, 0.3) is 0 Å². The number of piperazine rings is 1. The lowest BCUT2D eigenvalue weighted by Crippen LogP contribution is -2.55. The topological polar surface area (TPSA) is 54.9 Å². The van der Waals surface area contributed by atoms with Gasteiger partial charge in [0.2, 0.25) is 5.88 Å². The Kier molecular flexibility index (Phi) is 4.78. The average Bonchev–Trinajstić information content (AvgIpc) is 2.45. The van der Waals surface area contributed by atoms with Crippen LogP contribution in [0.4, 0.5) is 10.5 Å². The molecule has 1 amide bonds. The third-order valence-electron chi connectivity index (χ3n) is 3.55. The average molecular weight is 307 g/mol. The molecule has 122 valence electrons. The first-order chi connectivity index (χ1) is 10.3. The van der Waals surface area contributed by atoms with E-state index in [0.717, 1.165) is 18.8 Å². The predicted octanol–water partition coefficient (Wildman–Crippen LogP) is 2.54. The van der Waals surface area contributed by atoms with Crippen molar-refractivity contribution in [2.45, 2.75) is 39.3 Å². The number of amides is 1. The smallest absolute Gasteiger partial charge is 0.410 e. The number of hydrogen-bond donors (Lipinski definition) is 0. The molecule has 1 unspecified atom stereocenters. The second kappa shape index (κ2) is 6.42. The fourth-order valence-electron chi connectivity index (χ4n) is 2.49. The van der Waals surface area contributed by atoms with Crippen LogP contribution in [-0.2, 0) is 4.74 Å². The number of hydrogen-bond acceptors (Lipinski definition) is 5. The van der Waals surface area contributed by atoms with Crippen molar-refractivity contribution in [2.75, 3.05) is 31.6 Å². The second-order valence-electron chi connectivity index (χ2n) is 6.53. The fourth-order valence-corrected chi connectivity index (χ4v) is 2.49. The predicted molar refractivity (Wildman–Crippen MR) is 85.4 cm³/mol. The number of methoxy groups -OCH3 is 1. The van der Waals surface area contributed by atoms with E-state index in [0.29, 0.717) is 12.4 Å². The van der Waals surface area contributed by atoms with Gasteiger partial charge in [0.15, 0.2) is 0 Å². The van der Waals surface area contributed by atoms with Crippen molar-refractivity contribution in [3.63, 3.8) is 0 Å². The summed E-state index contributed by atoms with van der Waals surface area (Å²) in [6.45, 7) is 9.84. The maximum atomic E-state index is 12.2. The van der Waals surface area contributed by atoms with Gasteiger partial charge in [-0.05, 0) is 33.8 Å². The zero-order valence-corrected chi connectivity index (χ0v) is 14.0. The summed E-state index contributed by atoms with van der Waals surface area (Å²) in [6, 6.07) is 3.96. The van der Waals surface area contributed by atoms with Gasteiger partial charge in [0.05, 0.1) is 7.11 Å². The molecule has 6 nitrogen and oxygen atoms in total. The van der Waals surface area contributed by atoms with Crippen molar-refractivity contribution >= 4 is 11.8 Å². The summed E-state index contributed by atoms with van der Waals surface area (Å²) in [5.41, 5.74) is 0.592. The minimum atomic E-state index is -0.466. The van der Waals surface area contributed by atoms with E-state index in [4.69, 9.17) is 9.47 Å². The van der Waals surface area contributed by atoms with Crippen LogP contribution >= 0.6 is 0 Å². The highest BCUT2D eigenvalue weighted by atomic mass is 16.6. The van der Waals surface area contributed by atoms with Crippen LogP contribution in [0.15, 0.2) is 18.3 Å². The molecule has 22 heavy (non-hydrogen) atoms. The summed E-state index contributed by atoms with van der Waals surface area (Å²) >= 11 is 0. The monoisotopic (exact) mass is 307 g/mol. The molecule has 0 spiro atoms. The van der Waals surface area contributed by atoms with Gasteiger partial charge in [-0.15, -0.1) is 0 Å². The number of rotatable bonds is 2. The van der Waals surface area contributed by atoms with E-state index in [1.807, 2.05) is 39.8 Å². The molecule has 0 aromatic carbocycles. The SMILES string of the molecule is COc1cc(N2CCN(C(=O)OC(C)(C)C)C(C)C2)ccn1. The van der Waals surface area contributed by atoms with Gasteiger partial charge in [-0.25, -0.2) is 9.78 Å². The molecule has 1 atom stereocenters. The molecule has 1 saturated heterocycles. The Morgan fingerprint density at radius 3 is 2.68 bits per heavy atom. The standard InChI is InChI=1S/C16H25N3O3/c1-12-11-18(13-6-7-17-14(10-13)21-5)8-9-19(12)15(20)22-16(2,3)4/h6-7,10,12H,8-9,11H2,1-5H3. The van der Waals surface area contributed by atoms with Gasteiger partial charge in [-0.1, -0.05) is 0 Å². The number of carbonyl (C=O) groups is 1. The molecule has 6 heteroatoms. The van der Waals surface area contributed by atoms with Gasteiger partial charge in [-0.2, -0.15) is 0 Å². The van der Waals surface area contributed by atoms with Crippen molar-refractivity contribution in [3.05, 3.63) is 18.3 Å². The molecule has 1 aliphatic rings. The van der Waals surface area contributed by atoms with Gasteiger partial charge in [0.25, 0.3) is 0 Å². The second-order valence-corrected chi connectivity index (χ2v) is 6.53. The van der Waals surface area contributed by atoms with Crippen molar-refractivity contribution in [2.24, 2.45) is 0 Å². The Labute approximate surface area is 132 Å². The molecule has 0 N–H and O–H groups in total. The normalized spacial score (nSPS) is 19.0. The number of anilines is 1. The molecule has 0 aliphatic carbocycles. The number of aromatic nitrogens is 1. The van der Waals surface area contributed by atoms with E-state index in [9.17, 15) is 4.79 Å². The van der Waals surface area contributed by atoms with E-state index < -0.39 is 5.60 Å². The van der Waals surface area contributed by atoms with Crippen LogP contribution in [0.3, 0.4) is 0 Å². The Morgan fingerprint density at radius 2 is 2.09 bits per heavy atom. The van der Waals surface area contributed by atoms with Crippen LogP contribution < -0.4 is 9.64 Å². The number of carbonyl (C=O) groups excluding carboxylic acids is 1. The zero-order valence-electron chi connectivity index (χ0n) is 14.0. The van der Waals surface area contributed by atoms with Gasteiger partial charge in [0.1, 0.15) is 5.60 Å². The van der Waals surface area contributed by atoms with Crippen molar-refractivity contribution in [3.8, 4) is 5.88 Å². The molecule has 2 heterocycles. The Hall–Kier alpha value is -1.98. The first-order valence-electron chi connectivity index (χ1n) is 7.55. The summed E-state index contributed by atoms with van der Waals surface area (Å²) in [5, 5.41) is 0. The molecule has 0 saturated carbocycles. The maximum Gasteiger partial charge on any atom is 0.410 e. The van der Waals surface area contributed by atoms with Crippen LogP contribution in [0.5, 0.6) is 5.88 Å². The molecule has 0 bridgehead atoms. The zero-order chi connectivity index (χ0) is 16.3. The quantitative estimate of drug-likeness (QED) is 0.840. The minimum Gasteiger partial charge on any atom is -0.481 e. The van der Waals surface area contributed by atoms with Crippen molar-refractivity contribution < 1.29 is 14.3 Å². The molecular formula is C16H25N3O3. The molecule has 1 aliphatic heterocycles. The molecule has 1 aromatic heterocycles. The summed E-state index contributed by atoms with van der Waals surface area (Å²) in [5.74, 6) is 0.597. The lowest BCUT2D eigenvalue weighted by molar-refractivity contribution is 0.0159. The summed E-state index contributed by atoms with van der Waals surface area (Å²) in [7, 11) is 1.61. The first-order valence-corrected chi connectivity index (χ1v) is 7.55. The summed E-state index contributed by atoms with van der Waals surface area (Å²) < 4.78 is 10.6. The van der Waals surface area contributed by atoms with Crippen LogP contribution in [0.1, 0.15) is 27.7 Å². The largest absolute Gasteiger partial charge is 0.481 e. The van der Waals surface area contributed by atoms with E-state index in [1.165, 1.54) is 0 Å². The van der Waals surface area contributed by atoms with Crippen molar-refractivity contribution in [1.29, 1.82) is 0 Å². The molecule has 1 fully saturated rings. The lowest BCUT2D eigenvalue weighted by Gasteiger charge is -2.41. The maximum absolute atomic E-state index is 12.2. The van der Waals surface area contributed by atoms with E-state index >= 15 is 0 Å². The van der Waals surface area contributed by atoms with Crippen LogP contribution in [0.2, 0.25) is 0 Å². The first kappa shape index (κ1) is 16.4. The van der Waals surface area contributed by atoms with Gasteiger partial charge < -0.3 is 19.3 Å². The fraction of sp³-hybridized carbons (Fsp3) is 0.625. The number of pyridine rings is 1. The van der Waals surface area contributed by atoms with Crippen molar-refractivity contribution in [1.82, 2.24) is 9.88 Å². The minimum absolute atomic E-state index is 0.0859. The highest BCUT2D eigenvalue weighted by molar-refractivity contribution is 5.69. The van der Waals surface area contributed by atoms with Crippen LogP contribution in [-0.4, -0.2) is 54.4 Å². The van der Waals surface area contributed by atoms with E-state index in [-0.39, 0.29) is 12.1 Å². The summed E-state index contributed by atoms with van der Waals surface area (Å²) in [4.78, 5) is 20.4. The highest BCUT2D eigenvalue weighted by Crippen LogP contribution is 2.23. The Morgan fingerprint density at radius 1 is 1.36 bits per heavy atom. The van der Waals surface area contributed by atoms with E-state index in [1.54, 1.807) is 18.2 Å². The molecule has 1 aromatic rings. The van der Waals surface area contributed by atoms with Gasteiger partial charge >= 0.3 is 6.09 Å². The third-order valence-corrected chi connectivity index (χ3v) is 3.55. The third kappa shape index (κ3) is 4.02. The van der Waals surface area contributed by atoms with Gasteiger partial charge in [-0.3, -0.25) is 0 Å².